The van der Waals surface area contributed by atoms with Gasteiger partial charge in [0.15, 0.2) is 0 Å². The molecule has 0 saturated carbocycles. The van der Waals surface area contributed by atoms with Crippen LogP contribution in [0.1, 0.15) is 40.5 Å². The summed E-state index contributed by atoms with van der Waals surface area (Å²) in [5.74, 6) is -0.0645. The van der Waals surface area contributed by atoms with Gasteiger partial charge >= 0.3 is 0 Å². The molecule has 1 heterocycles. The molecule has 1 aromatic carbocycles. The highest BCUT2D eigenvalue weighted by atomic mass is 32.1. The first-order valence-electron chi connectivity index (χ1n) is 7.28. The van der Waals surface area contributed by atoms with Crippen molar-refractivity contribution in [3.63, 3.8) is 0 Å². The highest BCUT2D eigenvalue weighted by Crippen LogP contribution is 2.13. The first kappa shape index (κ1) is 15.5. The van der Waals surface area contributed by atoms with E-state index in [-0.39, 0.29) is 5.91 Å². The molecule has 0 fully saturated rings. The zero-order valence-electron chi connectivity index (χ0n) is 12.5. The lowest BCUT2D eigenvalue weighted by atomic mass is 10.2. The Kier molecular flexibility index (Phi) is 5.75. The number of carbonyl (C=O) groups excluding carboxylic acids is 1. The second-order valence-corrected chi connectivity index (χ2v) is 5.96. The lowest BCUT2D eigenvalue weighted by Gasteiger charge is -2.06. The summed E-state index contributed by atoms with van der Waals surface area (Å²) in [6.45, 7) is 5.65. The molecule has 0 unspecified atom stereocenters. The Morgan fingerprint density at radius 1 is 1.24 bits per heavy atom. The maximum absolute atomic E-state index is 12.1. The molecule has 21 heavy (non-hydrogen) atoms. The van der Waals surface area contributed by atoms with Crippen molar-refractivity contribution < 1.29 is 4.79 Å². The number of aryl methyl sites for hydroxylation is 1. The van der Waals surface area contributed by atoms with Gasteiger partial charge < -0.3 is 10.6 Å². The van der Waals surface area contributed by atoms with Gasteiger partial charge in [-0.2, -0.15) is 0 Å². The van der Waals surface area contributed by atoms with Crippen LogP contribution in [0.15, 0.2) is 30.5 Å². The number of carbonyl (C=O) groups is 1. The van der Waals surface area contributed by atoms with Crippen LogP contribution in [0.25, 0.3) is 0 Å². The summed E-state index contributed by atoms with van der Waals surface area (Å²) in [4.78, 5) is 17.6. The molecule has 2 N–H and O–H groups in total. The van der Waals surface area contributed by atoms with Crippen molar-refractivity contribution in [2.75, 3.05) is 11.9 Å². The van der Waals surface area contributed by atoms with Crippen LogP contribution >= 0.6 is 11.3 Å². The van der Waals surface area contributed by atoms with Crippen molar-refractivity contribution >= 4 is 22.9 Å². The van der Waals surface area contributed by atoms with Gasteiger partial charge in [-0.15, -0.1) is 11.3 Å². The Bertz CT molecular complexity index is 577. The molecule has 1 aromatic heterocycles. The minimum Gasteiger partial charge on any atom is -0.385 e. The lowest BCUT2D eigenvalue weighted by molar-refractivity contribution is 0.0951. The molecule has 0 atom stereocenters. The number of amides is 1. The number of benzene rings is 1. The van der Waals surface area contributed by atoms with E-state index in [0.29, 0.717) is 12.1 Å². The van der Waals surface area contributed by atoms with Gasteiger partial charge in [-0.05, 0) is 37.1 Å². The number of hydrogen-bond donors (Lipinski definition) is 2. The second kappa shape index (κ2) is 7.78. The van der Waals surface area contributed by atoms with Crippen molar-refractivity contribution in [1.29, 1.82) is 0 Å². The Hall–Kier alpha value is -1.88. The molecule has 0 spiro atoms. The summed E-state index contributed by atoms with van der Waals surface area (Å²) in [6, 6.07) is 7.55. The molecule has 0 radical (unpaired) electrons. The molecule has 0 aliphatic carbocycles. The van der Waals surface area contributed by atoms with Crippen molar-refractivity contribution in [2.45, 2.75) is 33.2 Å². The third kappa shape index (κ3) is 4.56. The van der Waals surface area contributed by atoms with E-state index < -0.39 is 0 Å². The maximum atomic E-state index is 12.1. The summed E-state index contributed by atoms with van der Waals surface area (Å²) in [6.07, 6.45) is 3.94. The molecule has 1 amide bonds. The average molecular weight is 303 g/mol. The SMILES string of the molecule is CCCNc1ccc(C(=O)NCc2ncc(CC)s2)cc1. The summed E-state index contributed by atoms with van der Waals surface area (Å²) >= 11 is 1.65. The highest BCUT2D eigenvalue weighted by molar-refractivity contribution is 7.11. The quantitative estimate of drug-likeness (QED) is 0.823. The number of aromatic nitrogens is 1. The molecule has 0 bridgehead atoms. The van der Waals surface area contributed by atoms with Crippen LogP contribution in [0.2, 0.25) is 0 Å². The molecule has 0 aliphatic rings. The number of hydrogen-bond acceptors (Lipinski definition) is 4. The van der Waals surface area contributed by atoms with E-state index in [1.54, 1.807) is 11.3 Å². The zero-order valence-corrected chi connectivity index (χ0v) is 13.3. The molecule has 4 nitrogen and oxygen atoms in total. The van der Waals surface area contributed by atoms with Gasteiger partial charge in [0.25, 0.3) is 5.91 Å². The molecular formula is C16H21N3OS. The maximum Gasteiger partial charge on any atom is 0.251 e. The van der Waals surface area contributed by atoms with E-state index in [2.05, 4.69) is 29.5 Å². The van der Waals surface area contributed by atoms with Crippen LogP contribution in [0.4, 0.5) is 5.69 Å². The van der Waals surface area contributed by atoms with Crippen molar-refractivity contribution in [1.82, 2.24) is 10.3 Å². The Morgan fingerprint density at radius 2 is 2.00 bits per heavy atom. The van der Waals surface area contributed by atoms with Crippen molar-refractivity contribution in [3.05, 3.63) is 45.9 Å². The number of nitrogens with zero attached hydrogens (tertiary/aromatic N) is 1. The molecule has 2 aromatic rings. The van der Waals surface area contributed by atoms with Gasteiger partial charge in [0, 0.05) is 28.9 Å². The lowest BCUT2D eigenvalue weighted by Crippen LogP contribution is -2.22. The predicted octanol–water partition coefficient (Wildman–Crippen LogP) is 3.46. The number of thiazole rings is 1. The largest absolute Gasteiger partial charge is 0.385 e. The van der Waals surface area contributed by atoms with Gasteiger partial charge in [-0.1, -0.05) is 13.8 Å². The minimum absolute atomic E-state index is 0.0645. The second-order valence-electron chi connectivity index (χ2n) is 4.76. The molecule has 5 heteroatoms. The average Bonchev–Trinajstić information content (AvgIpc) is 2.99. The fourth-order valence-corrected chi connectivity index (χ4v) is 2.66. The molecule has 0 aliphatic heterocycles. The van der Waals surface area contributed by atoms with Gasteiger partial charge in [-0.3, -0.25) is 4.79 Å². The topological polar surface area (TPSA) is 54.0 Å². The monoisotopic (exact) mass is 303 g/mol. The molecule has 0 saturated heterocycles. The van der Waals surface area contributed by atoms with Gasteiger partial charge in [0.1, 0.15) is 5.01 Å². The van der Waals surface area contributed by atoms with E-state index in [4.69, 9.17) is 0 Å². The number of anilines is 1. The predicted molar refractivity (Wildman–Crippen MR) is 87.9 cm³/mol. The van der Waals surface area contributed by atoms with E-state index in [0.717, 1.165) is 30.1 Å². The Morgan fingerprint density at radius 3 is 2.62 bits per heavy atom. The third-order valence-corrected chi connectivity index (χ3v) is 4.22. The molecular weight excluding hydrogens is 282 g/mol. The van der Waals surface area contributed by atoms with Crippen LogP contribution in [0, 0.1) is 0 Å². The Labute approximate surface area is 129 Å². The summed E-state index contributed by atoms with van der Waals surface area (Å²) in [5, 5.41) is 7.14. The van der Waals surface area contributed by atoms with Crippen molar-refractivity contribution in [2.24, 2.45) is 0 Å². The van der Waals surface area contributed by atoms with Gasteiger partial charge in [0.05, 0.1) is 6.54 Å². The first-order chi connectivity index (χ1) is 10.2. The standard InChI is InChI=1S/C16H21N3OS/c1-3-9-17-13-7-5-12(6-8-13)16(20)19-11-15-18-10-14(4-2)21-15/h5-8,10,17H,3-4,9,11H2,1-2H3,(H,19,20). The van der Waals surface area contributed by atoms with Crippen LogP contribution in [0.5, 0.6) is 0 Å². The van der Waals surface area contributed by atoms with E-state index in [1.807, 2.05) is 30.5 Å². The minimum atomic E-state index is -0.0645. The van der Waals surface area contributed by atoms with E-state index in [9.17, 15) is 4.79 Å². The normalized spacial score (nSPS) is 10.4. The fourth-order valence-electron chi connectivity index (χ4n) is 1.86. The summed E-state index contributed by atoms with van der Waals surface area (Å²) in [5.41, 5.74) is 1.71. The van der Waals surface area contributed by atoms with E-state index in [1.165, 1.54) is 4.88 Å². The Balaban J connectivity index is 1.87. The van der Waals surface area contributed by atoms with Crippen LogP contribution in [-0.2, 0) is 13.0 Å². The van der Waals surface area contributed by atoms with Crippen LogP contribution in [-0.4, -0.2) is 17.4 Å². The summed E-state index contributed by atoms with van der Waals surface area (Å²) in [7, 11) is 0. The molecule has 2 rings (SSSR count). The molecule has 112 valence electrons. The van der Waals surface area contributed by atoms with Crippen molar-refractivity contribution in [3.8, 4) is 0 Å². The van der Waals surface area contributed by atoms with Gasteiger partial charge in [-0.25, -0.2) is 4.98 Å². The number of rotatable bonds is 7. The van der Waals surface area contributed by atoms with Crippen LogP contribution < -0.4 is 10.6 Å². The zero-order chi connectivity index (χ0) is 15.1. The number of nitrogens with one attached hydrogen (secondary N) is 2. The fraction of sp³-hybridized carbons (Fsp3) is 0.375. The van der Waals surface area contributed by atoms with Gasteiger partial charge in [0.2, 0.25) is 0 Å². The smallest absolute Gasteiger partial charge is 0.251 e. The van der Waals surface area contributed by atoms with Crippen LogP contribution in [0.3, 0.4) is 0 Å². The summed E-state index contributed by atoms with van der Waals surface area (Å²) < 4.78 is 0. The third-order valence-electron chi connectivity index (χ3n) is 3.08. The first-order valence-corrected chi connectivity index (χ1v) is 8.10. The van der Waals surface area contributed by atoms with E-state index >= 15 is 0 Å². The highest BCUT2D eigenvalue weighted by Gasteiger charge is 2.07.